The van der Waals surface area contributed by atoms with Crippen molar-refractivity contribution in [1.29, 1.82) is 0 Å². The molecule has 4 nitrogen and oxygen atoms in total. The summed E-state index contributed by atoms with van der Waals surface area (Å²) in [7, 11) is 1.65. The molecule has 2 aromatic heterocycles. The average Bonchev–Trinajstić information content (AvgIpc) is 3.24. The number of hydrogen-bond donors (Lipinski definition) is 0. The summed E-state index contributed by atoms with van der Waals surface area (Å²) in [5, 5.41) is 2.04. The lowest BCUT2D eigenvalue weighted by Gasteiger charge is -2.21. The van der Waals surface area contributed by atoms with Gasteiger partial charge in [0.05, 0.1) is 17.5 Å². The summed E-state index contributed by atoms with van der Waals surface area (Å²) in [6.45, 7) is 2.10. The number of amides is 1. The first-order valence-corrected chi connectivity index (χ1v) is 9.75. The molecule has 1 aliphatic heterocycles. The second-order valence-corrected chi connectivity index (χ2v) is 7.94. The lowest BCUT2D eigenvalue weighted by atomic mass is 10.1. The van der Waals surface area contributed by atoms with Gasteiger partial charge in [-0.25, -0.2) is 4.98 Å². The number of pyridine rings is 1. The van der Waals surface area contributed by atoms with Crippen LogP contribution in [0.4, 0.5) is 5.69 Å². The van der Waals surface area contributed by atoms with E-state index in [1.54, 1.807) is 7.11 Å². The number of thiophene rings is 1. The molecular weight excluding hydrogens is 356 g/mol. The van der Waals surface area contributed by atoms with Crippen molar-refractivity contribution in [3.63, 3.8) is 0 Å². The number of methoxy groups -OCH3 is 1. The zero-order valence-electron chi connectivity index (χ0n) is 15.1. The minimum atomic E-state index is 0.0529. The number of carbonyl (C=O) groups is 1. The Labute approximate surface area is 161 Å². The summed E-state index contributed by atoms with van der Waals surface area (Å²) in [4.78, 5) is 21.5. The zero-order valence-corrected chi connectivity index (χ0v) is 15.9. The van der Waals surface area contributed by atoms with Crippen LogP contribution in [0.15, 0.2) is 54.6 Å². The number of hydrogen-bond acceptors (Lipinski definition) is 4. The molecule has 5 heteroatoms. The van der Waals surface area contributed by atoms with Crippen LogP contribution in [0.1, 0.15) is 22.2 Å². The number of para-hydroxylation sites is 1. The normalized spacial score (nSPS) is 16.1. The Balaban J connectivity index is 1.58. The second kappa shape index (κ2) is 6.06. The highest BCUT2D eigenvalue weighted by Crippen LogP contribution is 2.36. The second-order valence-electron chi connectivity index (χ2n) is 6.91. The number of nitrogens with zero attached hydrogens (tertiary/aromatic N) is 2. The van der Waals surface area contributed by atoms with Gasteiger partial charge in [0.1, 0.15) is 10.6 Å². The van der Waals surface area contributed by atoms with Crippen LogP contribution in [0.2, 0.25) is 0 Å². The van der Waals surface area contributed by atoms with Crippen molar-refractivity contribution in [2.75, 3.05) is 12.0 Å². The van der Waals surface area contributed by atoms with E-state index in [1.165, 1.54) is 16.9 Å². The number of carbonyl (C=O) groups excluding carboxylic acids is 1. The Bertz CT molecular complexity index is 1200. The van der Waals surface area contributed by atoms with Gasteiger partial charge in [-0.3, -0.25) is 4.79 Å². The van der Waals surface area contributed by atoms with Gasteiger partial charge in [-0.1, -0.05) is 18.2 Å². The van der Waals surface area contributed by atoms with Crippen LogP contribution in [0.25, 0.3) is 21.1 Å². The van der Waals surface area contributed by atoms with Crippen LogP contribution in [-0.4, -0.2) is 24.0 Å². The van der Waals surface area contributed by atoms with E-state index in [1.807, 2.05) is 47.4 Å². The van der Waals surface area contributed by atoms with Crippen LogP contribution in [-0.2, 0) is 6.42 Å². The van der Waals surface area contributed by atoms with E-state index in [9.17, 15) is 4.79 Å². The third-order valence-corrected chi connectivity index (χ3v) is 6.18. The largest absolute Gasteiger partial charge is 0.497 e. The number of ether oxygens (including phenoxy) is 1. The van der Waals surface area contributed by atoms with Gasteiger partial charge in [-0.2, -0.15) is 0 Å². The molecule has 0 saturated heterocycles. The summed E-state index contributed by atoms with van der Waals surface area (Å²) in [5.41, 5.74) is 3.13. The van der Waals surface area contributed by atoms with Crippen molar-refractivity contribution in [2.24, 2.45) is 0 Å². The van der Waals surface area contributed by atoms with Gasteiger partial charge in [-0.15, -0.1) is 11.3 Å². The number of benzene rings is 2. The first-order chi connectivity index (χ1) is 13.1. The maximum atomic E-state index is 13.3. The van der Waals surface area contributed by atoms with E-state index < -0.39 is 0 Å². The maximum Gasteiger partial charge on any atom is 0.268 e. The minimum Gasteiger partial charge on any atom is -0.497 e. The standard InChI is InChI=1S/C22H18N2O2S/c1-13-9-15-5-3-4-6-19(15)24(13)22(25)20-11-16-10-14-7-8-17(26-2)12-18(14)23-21(16)27-20/h3-8,10-13H,9H2,1-2H3. The van der Waals surface area contributed by atoms with E-state index in [4.69, 9.17) is 9.72 Å². The van der Waals surface area contributed by atoms with Gasteiger partial charge in [0, 0.05) is 28.6 Å². The molecule has 1 atom stereocenters. The SMILES string of the molecule is COc1ccc2cc3cc(C(=O)N4c5ccccc5CC4C)sc3nc2c1. The zero-order chi connectivity index (χ0) is 18.5. The van der Waals surface area contributed by atoms with Crippen molar-refractivity contribution >= 4 is 44.1 Å². The average molecular weight is 374 g/mol. The molecule has 27 heavy (non-hydrogen) atoms. The molecule has 4 aromatic rings. The summed E-state index contributed by atoms with van der Waals surface area (Å²) in [6.07, 6.45) is 0.898. The van der Waals surface area contributed by atoms with Crippen molar-refractivity contribution in [1.82, 2.24) is 4.98 Å². The highest BCUT2D eigenvalue weighted by Gasteiger charge is 2.32. The topological polar surface area (TPSA) is 42.4 Å². The fourth-order valence-electron chi connectivity index (χ4n) is 3.83. The summed E-state index contributed by atoms with van der Waals surface area (Å²) in [5.74, 6) is 0.835. The molecule has 134 valence electrons. The Kier molecular flexibility index (Phi) is 3.65. The maximum absolute atomic E-state index is 13.3. The monoisotopic (exact) mass is 374 g/mol. The smallest absolute Gasteiger partial charge is 0.268 e. The predicted octanol–water partition coefficient (Wildman–Crippen LogP) is 5.05. The third kappa shape index (κ3) is 2.58. The van der Waals surface area contributed by atoms with Crippen molar-refractivity contribution in [3.05, 3.63) is 65.0 Å². The summed E-state index contributed by atoms with van der Waals surface area (Å²) in [6, 6.07) is 18.2. The summed E-state index contributed by atoms with van der Waals surface area (Å²) < 4.78 is 5.29. The third-order valence-electron chi connectivity index (χ3n) is 5.15. The lowest BCUT2D eigenvalue weighted by Crippen LogP contribution is -2.35. The molecule has 5 rings (SSSR count). The van der Waals surface area contributed by atoms with Crippen molar-refractivity contribution in [2.45, 2.75) is 19.4 Å². The fourth-order valence-corrected chi connectivity index (χ4v) is 4.79. The van der Waals surface area contributed by atoms with E-state index >= 15 is 0 Å². The van der Waals surface area contributed by atoms with Gasteiger partial charge in [0.15, 0.2) is 0 Å². The molecule has 0 bridgehead atoms. The van der Waals surface area contributed by atoms with E-state index in [0.717, 1.165) is 43.9 Å². The van der Waals surface area contributed by atoms with Crippen LogP contribution >= 0.6 is 11.3 Å². The molecule has 1 aliphatic rings. The lowest BCUT2D eigenvalue weighted by molar-refractivity contribution is 0.0985. The van der Waals surface area contributed by atoms with Gasteiger partial charge in [0.25, 0.3) is 5.91 Å². The predicted molar refractivity (Wildman–Crippen MR) is 110 cm³/mol. The molecule has 0 aliphatic carbocycles. The van der Waals surface area contributed by atoms with Crippen LogP contribution < -0.4 is 9.64 Å². The first-order valence-electron chi connectivity index (χ1n) is 8.94. The molecule has 0 N–H and O–H groups in total. The van der Waals surface area contributed by atoms with Gasteiger partial charge in [0.2, 0.25) is 0 Å². The van der Waals surface area contributed by atoms with Gasteiger partial charge >= 0.3 is 0 Å². The minimum absolute atomic E-state index is 0.0529. The van der Waals surface area contributed by atoms with Gasteiger partial charge in [-0.05, 0) is 49.2 Å². The Morgan fingerprint density at radius 2 is 2.00 bits per heavy atom. The van der Waals surface area contributed by atoms with E-state index in [0.29, 0.717) is 0 Å². The molecule has 3 heterocycles. The van der Waals surface area contributed by atoms with Crippen LogP contribution in [0.3, 0.4) is 0 Å². The molecule has 2 aromatic carbocycles. The number of anilines is 1. The van der Waals surface area contributed by atoms with Crippen molar-refractivity contribution in [3.8, 4) is 5.75 Å². The molecule has 0 saturated carbocycles. The molecule has 0 fully saturated rings. The summed E-state index contributed by atoms with van der Waals surface area (Å²) >= 11 is 1.45. The quantitative estimate of drug-likeness (QED) is 0.493. The Morgan fingerprint density at radius 1 is 1.15 bits per heavy atom. The van der Waals surface area contributed by atoms with E-state index in [2.05, 4.69) is 19.1 Å². The number of fused-ring (bicyclic) bond motifs is 3. The fraction of sp³-hybridized carbons (Fsp3) is 0.182. The number of rotatable bonds is 2. The molecule has 0 spiro atoms. The molecule has 0 radical (unpaired) electrons. The molecular formula is C22H18N2O2S. The van der Waals surface area contributed by atoms with E-state index in [-0.39, 0.29) is 11.9 Å². The highest BCUT2D eigenvalue weighted by atomic mass is 32.1. The number of aromatic nitrogens is 1. The molecule has 1 unspecified atom stereocenters. The molecule has 1 amide bonds. The van der Waals surface area contributed by atoms with Gasteiger partial charge < -0.3 is 9.64 Å². The Hall–Kier alpha value is -2.92. The Morgan fingerprint density at radius 3 is 2.85 bits per heavy atom. The van der Waals surface area contributed by atoms with Crippen LogP contribution in [0.5, 0.6) is 5.75 Å². The van der Waals surface area contributed by atoms with Crippen molar-refractivity contribution < 1.29 is 9.53 Å². The highest BCUT2D eigenvalue weighted by molar-refractivity contribution is 7.20. The first kappa shape index (κ1) is 16.3. The van der Waals surface area contributed by atoms with Crippen LogP contribution in [0, 0.1) is 0 Å².